The van der Waals surface area contributed by atoms with Gasteiger partial charge in [0.05, 0.1) is 11.4 Å². The van der Waals surface area contributed by atoms with Gasteiger partial charge in [-0.3, -0.25) is 9.48 Å². The van der Waals surface area contributed by atoms with Gasteiger partial charge >= 0.3 is 5.97 Å². The number of benzene rings is 1. The summed E-state index contributed by atoms with van der Waals surface area (Å²) in [4.78, 5) is 25.0. The Morgan fingerprint density at radius 3 is 2.55 bits per heavy atom. The maximum Gasteiger partial charge on any atom is 0.331 e. The van der Waals surface area contributed by atoms with E-state index in [1.165, 1.54) is 6.08 Å². The Hall–Kier alpha value is -2.99. The smallest absolute Gasteiger partial charge is 0.331 e. The van der Waals surface area contributed by atoms with Crippen molar-refractivity contribution in [3.63, 3.8) is 0 Å². The predicted molar refractivity (Wildman–Crippen MR) is 116 cm³/mol. The minimum atomic E-state index is -0.546. The Bertz CT molecular complexity index is 997. The first-order valence-electron chi connectivity index (χ1n) is 9.36. The quantitative estimate of drug-likeness (QED) is 0.415. The molecule has 0 saturated carbocycles. The molecule has 0 atom stereocenters. The van der Waals surface area contributed by atoms with Gasteiger partial charge < -0.3 is 4.74 Å². The lowest BCUT2D eigenvalue weighted by Crippen LogP contribution is -2.25. The molecule has 150 valence electrons. The number of carbonyl (C=O) groups is 2. The van der Waals surface area contributed by atoms with Gasteiger partial charge in [0.25, 0.3) is 0 Å². The van der Waals surface area contributed by atoms with E-state index in [0.29, 0.717) is 6.54 Å². The van der Waals surface area contributed by atoms with Gasteiger partial charge in [0.1, 0.15) is 5.69 Å². The normalized spacial score (nSPS) is 11.7. The molecule has 1 aromatic carbocycles. The summed E-state index contributed by atoms with van der Waals surface area (Å²) in [7, 11) is 0. The third-order valence-corrected chi connectivity index (χ3v) is 5.19. The van der Waals surface area contributed by atoms with Gasteiger partial charge in [-0.2, -0.15) is 5.10 Å². The molecular formula is C23H24N2O3S. The van der Waals surface area contributed by atoms with Crippen LogP contribution in [0.15, 0.2) is 60.1 Å². The zero-order chi connectivity index (χ0) is 20.9. The van der Waals surface area contributed by atoms with Crippen LogP contribution in [0.1, 0.15) is 31.9 Å². The average molecular weight is 409 g/mol. The fraction of sp³-hybridized carbons (Fsp3) is 0.261. The lowest BCUT2D eigenvalue weighted by molar-refractivity contribution is -0.145. The highest BCUT2D eigenvalue weighted by atomic mass is 32.1. The largest absolute Gasteiger partial charge is 0.455 e. The molecule has 5 nitrogen and oxygen atoms in total. The first kappa shape index (κ1) is 20.7. The minimum Gasteiger partial charge on any atom is -0.455 e. The van der Waals surface area contributed by atoms with E-state index >= 15 is 0 Å². The molecule has 0 aliphatic rings. The van der Waals surface area contributed by atoms with Crippen LogP contribution in [0.25, 0.3) is 16.6 Å². The van der Waals surface area contributed by atoms with E-state index in [1.807, 2.05) is 58.7 Å². The van der Waals surface area contributed by atoms with Crippen LogP contribution >= 0.6 is 11.3 Å². The third kappa shape index (κ3) is 5.74. The van der Waals surface area contributed by atoms with Crippen LogP contribution in [0.3, 0.4) is 0 Å². The lowest BCUT2D eigenvalue weighted by atomic mass is 9.91. The van der Waals surface area contributed by atoms with E-state index in [-0.39, 0.29) is 12.4 Å². The van der Waals surface area contributed by atoms with Gasteiger partial charge in [-0.15, -0.1) is 11.3 Å². The van der Waals surface area contributed by atoms with Crippen molar-refractivity contribution in [2.24, 2.45) is 5.41 Å². The summed E-state index contributed by atoms with van der Waals surface area (Å²) in [6, 6.07) is 14.0. The van der Waals surface area contributed by atoms with Gasteiger partial charge in [0, 0.05) is 23.3 Å². The van der Waals surface area contributed by atoms with Crippen molar-refractivity contribution in [2.45, 2.75) is 27.3 Å². The zero-order valence-corrected chi connectivity index (χ0v) is 17.6. The van der Waals surface area contributed by atoms with Crippen LogP contribution in [0, 0.1) is 5.41 Å². The predicted octanol–water partition coefficient (Wildman–Crippen LogP) is 4.83. The Balaban J connectivity index is 1.76. The van der Waals surface area contributed by atoms with E-state index in [1.54, 1.807) is 38.2 Å². The van der Waals surface area contributed by atoms with Crippen molar-refractivity contribution in [3.8, 4) is 10.6 Å². The number of esters is 1. The maximum atomic E-state index is 12.1. The first-order chi connectivity index (χ1) is 13.8. The summed E-state index contributed by atoms with van der Waals surface area (Å²) < 4.78 is 6.94. The topological polar surface area (TPSA) is 61.2 Å². The average Bonchev–Trinajstić information content (AvgIpc) is 3.34. The minimum absolute atomic E-state index is 0.116. The highest BCUT2D eigenvalue weighted by Crippen LogP contribution is 2.28. The van der Waals surface area contributed by atoms with Crippen molar-refractivity contribution in [3.05, 3.63) is 71.2 Å². The van der Waals surface area contributed by atoms with Crippen molar-refractivity contribution in [1.82, 2.24) is 9.78 Å². The summed E-state index contributed by atoms with van der Waals surface area (Å²) in [5, 5.41) is 6.69. The Labute approximate surface area is 174 Å². The Kier molecular flexibility index (Phi) is 6.44. The van der Waals surface area contributed by atoms with Gasteiger partial charge in [-0.1, -0.05) is 57.2 Å². The van der Waals surface area contributed by atoms with Gasteiger partial charge in [0.15, 0.2) is 12.4 Å². The highest BCUT2D eigenvalue weighted by molar-refractivity contribution is 7.13. The molecule has 0 bridgehead atoms. The molecule has 0 N–H and O–H groups in total. The molecule has 2 aromatic heterocycles. The van der Waals surface area contributed by atoms with Gasteiger partial charge in [-0.05, 0) is 23.1 Å². The van der Waals surface area contributed by atoms with Crippen molar-refractivity contribution >= 4 is 29.2 Å². The van der Waals surface area contributed by atoms with E-state index in [0.717, 1.165) is 21.7 Å². The number of carbonyl (C=O) groups excluding carboxylic acids is 2. The summed E-state index contributed by atoms with van der Waals surface area (Å²) in [5.41, 5.74) is 2.24. The molecule has 6 heteroatoms. The molecule has 29 heavy (non-hydrogen) atoms. The van der Waals surface area contributed by atoms with Gasteiger partial charge in [-0.25, -0.2) is 4.79 Å². The van der Waals surface area contributed by atoms with Crippen molar-refractivity contribution in [1.29, 1.82) is 0 Å². The van der Waals surface area contributed by atoms with E-state index in [4.69, 9.17) is 9.84 Å². The van der Waals surface area contributed by atoms with Crippen LogP contribution in [0.5, 0.6) is 0 Å². The summed E-state index contributed by atoms with van der Waals surface area (Å²) in [6.07, 6.45) is 4.94. The third-order valence-electron chi connectivity index (χ3n) is 4.31. The number of hydrogen-bond acceptors (Lipinski definition) is 5. The second kappa shape index (κ2) is 9.01. The first-order valence-corrected chi connectivity index (χ1v) is 10.2. The fourth-order valence-electron chi connectivity index (χ4n) is 2.57. The van der Waals surface area contributed by atoms with Crippen LogP contribution in [-0.2, 0) is 20.9 Å². The molecule has 0 spiro atoms. The molecule has 0 radical (unpaired) electrons. The number of thiophene rings is 1. The fourth-order valence-corrected chi connectivity index (χ4v) is 3.31. The number of ketones is 1. The lowest BCUT2D eigenvalue weighted by Gasteiger charge is -2.15. The summed E-state index contributed by atoms with van der Waals surface area (Å²) in [5.74, 6) is -0.662. The Morgan fingerprint density at radius 1 is 1.14 bits per heavy atom. The van der Waals surface area contributed by atoms with Crippen LogP contribution in [0.4, 0.5) is 0 Å². The SMILES string of the molecule is CC(C)(C)C(=O)COC(=O)/C=C/c1cn(Cc2ccccc2)nc1-c1cccs1. The van der Waals surface area contributed by atoms with Gasteiger partial charge in [0.2, 0.25) is 0 Å². The number of hydrogen-bond donors (Lipinski definition) is 0. The number of rotatable bonds is 7. The highest BCUT2D eigenvalue weighted by Gasteiger charge is 2.22. The van der Waals surface area contributed by atoms with E-state index in [2.05, 4.69) is 0 Å². The monoisotopic (exact) mass is 408 g/mol. The van der Waals surface area contributed by atoms with E-state index in [9.17, 15) is 9.59 Å². The maximum absolute atomic E-state index is 12.1. The molecule has 0 aliphatic carbocycles. The summed E-state index contributed by atoms with van der Waals surface area (Å²) >= 11 is 1.59. The molecule has 3 rings (SSSR count). The second-order valence-corrected chi connectivity index (χ2v) is 8.66. The molecule has 0 amide bonds. The molecule has 2 heterocycles. The molecule has 0 aliphatic heterocycles. The van der Waals surface area contributed by atoms with E-state index < -0.39 is 11.4 Å². The molecule has 0 fully saturated rings. The number of aromatic nitrogens is 2. The number of nitrogens with zero attached hydrogens (tertiary/aromatic N) is 2. The molecule has 3 aromatic rings. The van der Waals surface area contributed by atoms with Crippen molar-refractivity contribution in [2.75, 3.05) is 6.61 Å². The molecule has 0 saturated heterocycles. The standard InChI is InChI=1S/C23H24N2O3S/c1-23(2,3)20(26)16-28-21(27)12-11-18-15-25(14-17-8-5-4-6-9-17)24-22(18)19-10-7-13-29-19/h4-13,15H,14,16H2,1-3H3/b12-11+. The molecular weight excluding hydrogens is 384 g/mol. The molecule has 0 unspecified atom stereocenters. The van der Waals surface area contributed by atoms with Crippen LogP contribution < -0.4 is 0 Å². The second-order valence-electron chi connectivity index (χ2n) is 7.71. The number of ether oxygens (including phenoxy) is 1. The zero-order valence-electron chi connectivity index (χ0n) is 16.8. The van der Waals surface area contributed by atoms with Crippen LogP contribution in [-0.4, -0.2) is 28.1 Å². The summed E-state index contributed by atoms with van der Waals surface area (Å²) in [6.45, 7) is 5.81. The van der Waals surface area contributed by atoms with Crippen molar-refractivity contribution < 1.29 is 14.3 Å². The van der Waals surface area contributed by atoms with Crippen LogP contribution in [0.2, 0.25) is 0 Å². The Morgan fingerprint density at radius 2 is 1.90 bits per heavy atom. The number of Topliss-reactive ketones (excluding diaryl/α,β-unsaturated/α-hetero) is 1.